The van der Waals surface area contributed by atoms with Crippen molar-refractivity contribution in [2.75, 3.05) is 66.8 Å². The Morgan fingerprint density at radius 2 is 1.11 bits per heavy atom. The summed E-state index contributed by atoms with van der Waals surface area (Å²) in [6.45, 7) is 8.23. The van der Waals surface area contributed by atoms with Crippen LogP contribution in [0.25, 0.3) is 39.4 Å². The highest BCUT2D eigenvalue weighted by Gasteiger charge is 2.28. The molecule has 72 heavy (non-hydrogen) atoms. The van der Waals surface area contributed by atoms with Crippen LogP contribution in [0.3, 0.4) is 0 Å². The molecule has 0 saturated heterocycles. The van der Waals surface area contributed by atoms with E-state index in [0.717, 1.165) is 133 Å². The Bertz CT molecular complexity index is 2820. The van der Waals surface area contributed by atoms with Crippen LogP contribution in [0.4, 0.5) is 5.69 Å². The number of benzene rings is 4. The normalized spacial score (nSPS) is 12.7. The molecule has 8 nitrogen and oxygen atoms in total. The van der Waals surface area contributed by atoms with E-state index in [2.05, 4.69) is 226 Å². The Kier molecular flexibility index (Phi) is 25.3. The number of hydrogen-bond acceptors (Lipinski definition) is 3. The van der Waals surface area contributed by atoms with Gasteiger partial charge >= 0.3 is 5.89 Å². The summed E-state index contributed by atoms with van der Waals surface area (Å²) < 4.78 is 22.6. The van der Waals surface area contributed by atoms with Gasteiger partial charge in [0.25, 0.3) is 5.52 Å². The summed E-state index contributed by atoms with van der Waals surface area (Å²) in [7, 11) is 13.6. The van der Waals surface area contributed by atoms with Gasteiger partial charge in [-0.2, -0.15) is 4.57 Å². The zero-order chi connectivity index (χ0) is 46.8. The minimum atomic E-state index is 0. The van der Waals surface area contributed by atoms with Gasteiger partial charge in [0.1, 0.15) is 0 Å². The predicted molar refractivity (Wildman–Crippen MR) is 273 cm³/mol. The Balaban J connectivity index is 0.00000274. The molecule has 0 amide bonds. The summed E-state index contributed by atoms with van der Waals surface area (Å²) in [6.07, 6.45) is 20.6. The maximum atomic E-state index is 6.79. The van der Waals surface area contributed by atoms with Gasteiger partial charge in [-0.3, -0.25) is 0 Å². The van der Waals surface area contributed by atoms with Crippen LogP contribution in [0.2, 0.25) is 0 Å². The molecule has 0 radical (unpaired) electrons. The monoisotopic (exact) mass is 1290 g/mol. The number of allylic oxidation sites excluding steroid dienone is 2. The van der Waals surface area contributed by atoms with E-state index >= 15 is 0 Å². The van der Waals surface area contributed by atoms with Crippen molar-refractivity contribution in [3.63, 3.8) is 0 Å². The standard InChI is InChI=1S/C59H73N6O2.5BrH/c1-8-47(41-58-62(54-43-52(29-31-56(54)66-58)50-25-11-9-12-26-50)37-17-23-48-21-15-33-60(45-48)35-19-39-64(2,3)4)42-59-63(55-44-53(30-32-57(55)67-59)51-27-13-10-14-28-51)38-18-24-49-22-16-34-61(46-49)36-20-40-65(5,6)7;;;;;/h9-16,21-22,25-34,41-46H,8,17-20,23-24,35-40H2,1-7H3;5*1H/q+5;;;;;/p-5. The van der Waals surface area contributed by atoms with Gasteiger partial charge in [-0.05, 0) is 83.8 Å². The molecule has 0 unspecified atom stereocenters. The van der Waals surface area contributed by atoms with Gasteiger partial charge in [-0.1, -0.05) is 79.7 Å². The van der Waals surface area contributed by atoms with E-state index in [0.29, 0.717) is 0 Å². The summed E-state index contributed by atoms with van der Waals surface area (Å²) in [6, 6.07) is 43.4. The topological polar surface area (TPSA) is 37.2 Å². The van der Waals surface area contributed by atoms with Gasteiger partial charge in [0.15, 0.2) is 50.2 Å². The summed E-state index contributed by atoms with van der Waals surface area (Å²) in [5.41, 5.74) is 11.7. The molecular weight excluding hydrogens is 1220 g/mol. The molecule has 4 heterocycles. The molecule has 0 fully saturated rings. The Labute approximate surface area is 482 Å². The summed E-state index contributed by atoms with van der Waals surface area (Å²) >= 11 is 0. The number of anilines is 1. The molecule has 0 N–H and O–H groups in total. The van der Waals surface area contributed by atoms with Crippen LogP contribution >= 0.6 is 0 Å². The molecular formula is C59H73Br5N6O2. The van der Waals surface area contributed by atoms with Crippen molar-refractivity contribution >= 4 is 22.9 Å². The van der Waals surface area contributed by atoms with Crippen molar-refractivity contribution in [1.29, 1.82) is 0 Å². The Hall–Kier alpha value is -3.95. The van der Waals surface area contributed by atoms with Gasteiger partial charge < -0.3 is 108 Å². The first-order valence-corrected chi connectivity index (χ1v) is 24.5. The molecule has 0 atom stereocenters. The van der Waals surface area contributed by atoms with E-state index in [1.807, 2.05) is 0 Å². The fraction of sp³-hybridized carbons (Fsp3) is 0.339. The highest BCUT2D eigenvalue weighted by molar-refractivity contribution is 5.79. The average molecular weight is 1300 g/mol. The van der Waals surface area contributed by atoms with Crippen molar-refractivity contribution in [1.82, 2.24) is 0 Å². The molecule has 386 valence electrons. The van der Waals surface area contributed by atoms with Crippen molar-refractivity contribution in [2.24, 2.45) is 0 Å². The molecule has 4 aromatic carbocycles. The lowest BCUT2D eigenvalue weighted by Crippen LogP contribution is -3.00. The third-order valence-corrected chi connectivity index (χ3v) is 12.7. The van der Waals surface area contributed by atoms with E-state index in [4.69, 9.17) is 9.15 Å². The number of oxazole rings is 1. The Morgan fingerprint density at radius 3 is 1.67 bits per heavy atom. The smallest absolute Gasteiger partial charge is 0.374 e. The minimum absolute atomic E-state index is 0. The Morgan fingerprint density at radius 1 is 0.569 bits per heavy atom. The van der Waals surface area contributed by atoms with Gasteiger partial charge in [0, 0.05) is 48.4 Å². The van der Waals surface area contributed by atoms with Gasteiger partial charge in [0.05, 0.1) is 80.0 Å². The zero-order valence-corrected chi connectivity index (χ0v) is 51.0. The zero-order valence-electron chi connectivity index (χ0n) is 43.1. The number of fused-ring (bicyclic) bond motifs is 2. The number of halogens is 5. The van der Waals surface area contributed by atoms with E-state index in [-0.39, 0.29) is 84.9 Å². The lowest BCUT2D eigenvalue weighted by Gasteiger charge is -2.22. The van der Waals surface area contributed by atoms with Gasteiger partial charge in [0.2, 0.25) is 11.5 Å². The minimum Gasteiger partial charge on any atom is -1.00 e. The number of quaternary nitrogens is 2. The molecule has 0 bridgehead atoms. The van der Waals surface area contributed by atoms with Crippen molar-refractivity contribution in [3.8, 4) is 28.0 Å². The number of hydrogen-bond donors (Lipinski definition) is 0. The fourth-order valence-electron chi connectivity index (χ4n) is 9.13. The lowest BCUT2D eigenvalue weighted by molar-refractivity contribution is -0.873. The predicted octanol–water partition coefficient (Wildman–Crippen LogP) is -4.36. The first-order chi connectivity index (χ1) is 32.4. The summed E-state index contributed by atoms with van der Waals surface area (Å²) in [4.78, 5) is 2.39. The molecule has 1 aliphatic heterocycles. The first kappa shape index (κ1) is 62.3. The molecule has 1 aliphatic rings. The fourth-order valence-corrected chi connectivity index (χ4v) is 9.13. The van der Waals surface area contributed by atoms with E-state index in [9.17, 15) is 0 Å². The van der Waals surface area contributed by atoms with E-state index in [1.165, 1.54) is 33.4 Å². The number of nitrogens with zero attached hydrogens (tertiary/aromatic N) is 6. The summed E-state index contributed by atoms with van der Waals surface area (Å²) in [5.74, 6) is 2.59. The van der Waals surface area contributed by atoms with E-state index in [1.54, 1.807) is 0 Å². The van der Waals surface area contributed by atoms with Crippen LogP contribution in [0.5, 0.6) is 5.75 Å². The molecule has 0 aliphatic carbocycles. The average Bonchev–Trinajstić information content (AvgIpc) is 3.84. The second kappa shape index (κ2) is 29.2. The highest BCUT2D eigenvalue weighted by atomic mass is 79.9. The van der Waals surface area contributed by atoms with Crippen molar-refractivity contribution in [3.05, 3.63) is 181 Å². The number of ether oxygens (including phenoxy) is 1. The van der Waals surface area contributed by atoms with Crippen LogP contribution in [0.1, 0.15) is 56.0 Å². The van der Waals surface area contributed by atoms with Crippen LogP contribution in [-0.4, -0.2) is 70.9 Å². The van der Waals surface area contributed by atoms with Crippen molar-refractivity contribution < 1.29 is 117 Å². The van der Waals surface area contributed by atoms with Crippen LogP contribution in [0, 0.1) is 0 Å². The third-order valence-electron chi connectivity index (χ3n) is 12.7. The highest BCUT2D eigenvalue weighted by Crippen LogP contribution is 2.42. The second-order valence-corrected chi connectivity index (χ2v) is 20.3. The van der Waals surface area contributed by atoms with E-state index < -0.39 is 0 Å². The molecule has 13 heteroatoms. The second-order valence-electron chi connectivity index (χ2n) is 20.3. The van der Waals surface area contributed by atoms with Crippen LogP contribution < -0.4 is 108 Å². The molecule has 0 saturated carbocycles. The first-order valence-electron chi connectivity index (χ1n) is 24.5. The quantitative estimate of drug-likeness (QED) is 0.0541. The largest absolute Gasteiger partial charge is 1.00 e. The third kappa shape index (κ3) is 17.6. The number of aryl methyl sites for hydroxylation is 5. The SMILES string of the molecule is CCC(=Cc1oc2ccc(-c3ccccc3)cc2[n+]1CCCc1ccc[n+](CCC[N+](C)(C)C)c1)C=C1Oc2ccc(-c3ccccc3)cc2N1CCCc1ccc[n+](CCC[N+](C)(C)C)c1.[Br-].[Br-].[Br-].[Br-].[Br-]. The molecule has 8 rings (SSSR count). The van der Waals surface area contributed by atoms with Crippen molar-refractivity contribution in [2.45, 2.75) is 71.5 Å². The number of aromatic nitrogens is 3. The number of pyridine rings is 2. The maximum Gasteiger partial charge on any atom is 0.374 e. The lowest BCUT2D eigenvalue weighted by atomic mass is 10.0. The van der Waals surface area contributed by atoms with Gasteiger partial charge in [-0.25, -0.2) is 9.13 Å². The molecule has 3 aromatic heterocycles. The number of rotatable bonds is 21. The maximum absolute atomic E-state index is 6.79. The molecule has 0 spiro atoms. The van der Waals surface area contributed by atoms with Crippen LogP contribution in [0.15, 0.2) is 168 Å². The molecule has 7 aromatic rings. The van der Waals surface area contributed by atoms with Crippen LogP contribution in [-0.2, 0) is 32.5 Å². The summed E-state index contributed by atoms with van der Waals surface area (Å²) in [5, 5.41) is 0. The van der Waals surface area contributed by atoms with Gasteiger partial charge in [-0.15, -0.1) is 0 Å².